The van der Waals surface area contributed by atoms with Gasteiger partial charge in [0.1, 0.15) is 5.82 Å². The van der Waals surface area contributed by atoms with Gasteiger partial charge in [0.15, 0.2) is 0 Å². The first kappa shape index (κ1) is 18.9. The molecule has 0 aromatic heterocycles. The molecule has 1 fully saturated rings. The Balaban J connectivity index is 1.60. The molecule has 0 bridgehead atoms. The van der Waals surface area contributed by atoms with Gasteiger partial charge in [-0.25, -0.2) is 4.39 Å². The molecule has 0 amide bonds. The number of piperidine rings is 1. The van der Waals surface area contributed by atoms with Crippen LogP contribution in [0.3, 0.4) is 0 Å². The number of alkyl halides is 3. The summed E-state index contributed by atoms with van der Waals surface area (Å²) in [5.41, 5.74) is 0.907. The SMILES string of the molecule is Fc1ccc(C2CCNC[C@H]2COCc2cccc(C(F)(F)F)c2)cc1. The number of rotatable bonds is 5. The standard InChI is InChI=1S/C20H21F4NO/c21-18-6-4-15(5-7-18)19-8-9-25-11-16(19)13-26-12-14-2-1-3-17(10-14)20(22,23)24/h1-7,10,16,19,25H,8-9,11-13H2/t16-,19?/m0/s1. The summed E-state index contributed by atoms with van der Waals surface area (Å²) in [7, 11) is 0. The summed E-state index contributed by atoms with van der Waals surface area (Å²) in [6.45, 7) is 2.22. The zero-order chi connectivity index (χ0) is 18.6. The van der Waals surface area contributed by atoms with Crippen LogP contribution in [0.5, 0.6) is 0 Å². The first-order chi connectivity index (χ1) is 12.4. The van der Waals surface area contributed by atoms with Crippen LogP contribution in [0, 0.1) is 11.7 Å². The smallest absolute Gasteiger partial charge is 0.376 e. The van der Waals surface area contributed by atoms with E-state index in [1.165, 1.54) is 18.2 Å². The molecular weight excluding hydrogens is 346 g/mol. The van der Waals surface area contributed by atoms with Crippen LogP contribution in [0.4, 0.5) is 17.6 Å². The van der Waals surface area contributed by atoms with Crippen LogP contribution in [0.1, 0.15) is 29.0 Å². The Morgan fingerprint density at radius 1 is 1.08 bits per heavy atom. The average molecular weight is 367 g/mol. The zero-order valence-electron chi connectivity index (χ0n) is 14.2. The van der Waals surface area contributed by atoms with Gasteiger partial charge in [-0.05, 0) is 54.3 Å². The van der Waals surface area contributed by atoms with Gasteiger partial charge < -0.3 is 10.1 Å². The van der Waals surface area contributed by atoms with Crippen molar-refractivity contribution in [2.75, 3.05) is 19.7 Å². The lowest BCUT2D eigenvalue weighted by atomic mass is 9.81. The fraction of sp³-hybridized carbons (Fsp3) is 0.400. The van der Waals surface area contributed by atoms with Gasteiger partial charge in [-0.2, -0.15) is 13.2 Å². The van der Waals surface area contributed by atoms with Gasteiger partial charge in [0.05, 0.1) is 18.8 Å². The minimum absolute atomic E-state index is 0.135. The number of hydrogen-bond donors (Lipinski definition) is 1. The Bertz CT molecular complexity index is 714. The van der Waals surface area contributed by atoms with Crippen molar-refractivity contribution in [2.24, 2.45) is 5.92 Å². The molecule has 140 valence electrons. The fourth-order valence-corrected chi connectivity index (χ4v) is 3.41. The first-order valence-corrected chi connectivity index (χ1v) is 8.63. The maximum absolute atomic E-state index is 13.1. The lowest BCUT2D eigenvalue weighted by Crippen LogP contribution is -2.37. The van der Waals surface area contributed by atoms with E-state index in [1.54, 1.807) is 18.2 Å². The Hall–Kier alpha value is -1.92. The molecule has 0 radical (unpaired) electrons. The van der Waals surface area contributed by atoms with Crippen LogP contribution in [-0.2, 0) is 17.5 Å². The molecular formula is C20H21F4NO. The van der Waals surface area contributed by atoms with Crippen LogP contribution < -0.4 is 5.32 Å². The van der Waals surface area contributed by atoms with Crippen molar-refractivity contribution in [3.8, 4) is 0 Å². The highest BCUT2D eigenvalue weighted by molar-refractivity contribution is 5.25. The molecule has 1 aliphatic heterocycles. The van der Waals surface area contributed by atoms with E-state index >= 15 is 0 Å². The lowest BCUT2D eigenvalue weighted by Gasteiger charge is -2.32. The maximum atomic E-state index is 13.1. The Morgan fingerprint density at radius 3 is 2.58 bits per heavy atom. The Kier molecular flexibility index (Phi) is 5.94. The Labute approximate surface area is 150 Å². The van der Waals surface area contributed by atoms with E-state index in [0.717, 1.165) is 37.2 Å². The quantitative estimate of drug-likeness (QED) is 0.770. The number of ether oxygens (including phenoxy) is 1. The highest BCUT2D eigenvalue weighted by Crippen LogP contribution is 2.32. The van der Waals surface area contributed by atoms with Crippen LogP contribution in [0.25, 0.3) is 0 Å². The lowest BCUT2D eigenvalue weighted by molar-refractivity contribution is -0.137. The average Bonchev–Trinajstić information content (AvgIpc) is 2.62. The maximum Gasteiger partial charge on any atom is 0.416 e. The molecule has 2 aromatic rings. The minimum Gasteiger partial charge on any atom is -0.376 e. The van der Waals surface area contributed by atoms with Crippen molar-refractivity contribution in [1.82, 2.24) is 5.32 Å². The van der Waals surface area contributed by atoms with Gasteiger partial charge in [0.25, 0.3) is 0 Å². The van der Waals surface area contributed by atoms with Gasteiger partial charge >= 0.3 is 6.18 Å². The van der Waals surface area contributed by atoms with E-state index < -0.39 is 11.7 Å². The summed E-state index contributed by atoms with van der Waals surface area (Å²) in [4.78, 5) is 0. The summed E-state index contributed by atoms with van der Waals surface area (Å²) in [6, 6.07) is 11.7. The van der Waals surface area contributed by atoms with Crippen molar-refractivity contribution >= 4 is 0 Å². The van der Waals surface area contributed by atoms with Gasteiger partial charge in [0, 0.05) is 12.5 Å². The summed E-state index contributed by atoms with van der Waals surface area (Å²) >= 11 is 0. The Morgan fingerprint density at radius 2 is 1.85 bits per heavy atom. The van der Waals surface area contributed by atoms with Gasteiger partial charge in [-0.1, -0.05) is 24.3 Å². The van der Waals surface area contributed by atoms with Gasteiger partial charge in [0.2, 0.25) is 0 Å². The van der Waals surface area contributed by atoms with E-state index in [1.807, 2.05) is 0 Å². The highest BCUT2D eigenvalue weighted by atomic mass is 19.4. The third kappa shape index (κ3) is 4.83. The monoisotopic (exact) mass is 367 g/mol. The molecule has 0 spiro atoms. The molecule has 0 saturated carbocycles. The van der Waals surface area contributed by atoms with Crippen LogP contribution >= 0.6 is 0 Å². The molecule has 26 heavy (non-hydrogen) atoms. The van der Waals surface area contributed by atoms with Crippen molar-refractivity contribution in [1.29, 1.82) is 0 Å². The van der Waals surface area contributed by atoms with E-state index in [2.05, 4.69) is 5.32 Å². The molecule has 1 saturated heterocycles. The van der Waals surface area contributed by atoms with E-state index in [-0.39, 0.29) is 24.3 Å². The van der Waals surface area contributed by atoms with E-state index in [4.69, 9.17) is 4.74 Å². The molecule has 1 heterocycles. The summed E-state index contributed by atoms with van der Waals surface area (Å²) in [6.07, 6.45) is -3.43. The van der Waals surface area contributed by atoms with Gasteiger partial charge in [-0.3, -0.25) is 0 Å². The molecule has 6 heteroatoms. The second-order valence-electron chi connectivity index (χ2n) is 6.62. The van der Waals surface area contributed by atoms with Crippen LogP contribution in [0.15, 0.2) is 48.5 Å². The highest BCUT2D eigenvalue weighted by Gasteiger charge is 2.30. The minimum atomic E-state index is -4.35. The third-order valence-electron chi connectivity index (χ3n) is 4.76. The second kappa shape index (κ2) is 8.18. The predicted molar refractivity (Wildman–Crippen MR) is 91.2 cm³/mol. The van der Waals surface area contributed by atoms with Crippen molar-refractivity contribution in [3.63, 3.8) is 0 Å². The summed E-state index contributed by atoms with van der Waals surface area (Å²) < 4.78 is 57.2. The summed E-state index contributed by atoms with van der Waals surface area (Å²) in [5, 5.41) is 3.32. The zero-order valence-corrected chi connectivity index (χ0v) is 14.2. The predicted octanol–water partition coefficient (Wildman–Crippen LogP) is 4.75. The van der Waals surface area contributed by atoms with Crippen molar-refractivity contribution < 1.29 is 22.3 Å². The second-order valence-corrected chi connectivity index (χ2v) is 6.62. The molecule has 2 aromatic carbocycles. The normalized spacial score (nSPS) is 20.9. The molecule has 1 unspecified atom stereocenters. The molecule has 3 rings (SSSR count). The number of halogens is 4. The first-order valence-electron chi connectivity index (χ1n) is 8.63. The topological polar surface area (TPSA) is 21.3 Å². The molecule has 2 nitrogen and oxygen atoms in total. The van der Waals surface area contributed by atoms with Crippen LogP contribution in [0.2, 0.25) is 0 Å². The number of nitrogens with one attached hydrogen (secondary N) is 1. The molecule has 1 aliphatic rings. The van der Waals surface area contributed by atoms with E-state index in [0.29, 0.717) is 12.2 Å². The number of hydrogen-bond acceptors (Lipinski definition) is 2. The van der Waals surface area contributed by atoms with Crippen molar-refractivity contribution in [3.05, 3.63) is 71.0 Å². The largest absolute Gasteiger partial charge is 0.416 e. The van der Waals surface area contributed by atoms with Gasteiger partial charge in [-0.15, -0.1) is 0 Å². The fourth-order valence-electron chi connectivity index (χ4n) is 3.41. The van der Waals surface area contributed by atoms with E-state index in [9.17, 15) is 17.6 Å². The number of benzene rings is 2. The molecule has 1 N–H and O–H groups in total. The molecule has 0 aliphatic carbocycles. The third-order valence-corrected chi connectivity index (χ3v) is 4.76. The molecule has 2 atom stereocenters. The van der Waals surface area contributed by atoms with Crippen LogP contribution in [-0.4, -0.2) is 19.7 Å². The van der Waals surface area contributed by atoms with Crippen molar-refractivity contribution in [2.45, 2.75) is 25.1 Å². The summed E-state index contributed by atoms with van der Waals surface area (Å²) in [5.74, 6) is 0.179.